The first-order chi connectivity index (χ1) is 5.84. The number of hydrogen-bond acceptors (Lipinski definition) is 5. The molecule has 0 amide bonds. The molecule has 0 fully saturated rings. The molecule has 5 heteroatoms. The minimum absolute atomic E-state index is 0.209. The Morgan fingerprint density at radius 2 is 2.42 bits per heavy atom. The van der Waals surface area contributed by atoms with Gasteiger partial charge in [0.25, 0.3) is 0 Å². The molecule has 3 nitrogen and oxygen atoms in total. The van der Waals surface area contributed by atoms with Gasteiger partial charge in [-0.2, -0.15) is 11.3 Å². The van der Waals surface area contributed by atoms with Crippen LogP contribution in [-0.2, 0) is 19.0 Å². The molecule has 0 aliphatic rings. The van der Waals surface area contributed by atoms with E-state index in [0.29, 0.717) is 12.3 Å². The smallest absolute Gasteiger partial charge is 0.218 e. The van der Waals surface area contributed by atoms with Crippen molar-refractivity contribution in [3.63, 3.8) is 0 Å². The maximum atomic E-state index is 5.05. The summed E-state index contributed by atoms with van der Waals surface area (Å²) in [5, 5.41) is 11.6. The molecule has 0 N–H and O–H groups in total. The van der Waals surface area contributed by atoms with Crippen LogP contribution in [0, 0.1) is 0 Å². The van der Waals surface area contributed by atoms with Crippen LogP contribution >= 0.6 is 11.3 Å². The third-order valence-electron chi connectivity index (χ3n) is 1.38. The fraction of sp³-hybridized carbons (Fsp3) is 0.143. The first-order valence-corrected chi connectivity index (χ1v) is 4.70. The molecule has 0 unspecified atom stereocenters. The van der Waals surface area contributed by atoms with Crippen LogP contribution in [0.25, 0.3) is 0 Å². The van der Waals surface area contributed by atoms with E-state index in [4.69, 9.17) is 17.0 Å². The predicted molar refractivity (Wildman–Crippen MR) is 47.1 cm³/mol. The Morgan fingerprint density at radius 3 is 3.00 bits per heavy atom. The van der Waals surface area contributed by atoms with Crippen LogP contribution in [0.4, 0.5) is 0 Å². The first kappa shape index (κ1) is 7.70. The highest BCUT2D eigenvalue weighted by Gasteiger charge is 2.00. The molecule has 0 spiro atoms. The van der Waals surface area contributed by atoms with Crippen LogP contribution < -0.4 is 0 Å². The molecule has 0 saturated heterocycles. The third-order valence-corrected chi connectivity index (χ3v) is 2.28. The van der Waals surface area contributed by atoms with Crippen molar-refractivity contribution < 1.29 is 4.42 Å². The maximum Gasteiger partial charge on any atom is 0.218 e. The molecule has 0 aliphatic carbocycles. The number of rotatable bonds is 2. The lowest BCUT2D eigenvalue weighted by Crippen LogP contribution is -1.84. The van der Waals surface area contributed by atoms with Gasteiger partial charge in [-0.05, 0) is 22.4 Å². The Bertz CT molecular complexity index is 355. The van der Waals surface area contributed by atoms with Crippen LogP contribution in [0.15, 0.2) is 26.5 Å². The van der Waals surface area contributed by atoms with Crippen molar-refractivity contribution in [2.45, 2.75) is 11.6 Å². The van der Waals surface area contributed by atoms with Crippen molar-refractivity contribution >= 4 is 24.0 Å². The van der Waals surface area contributed by atoms with Gasteiger partial charge in [0.05, 0.1) is 11.6 Å². The second-order valence-corrected chi connectivity index (χ2v) is 3.40. The minimum atomic E-state index is 0.209. The molecular formula is C7H5N2OS2-. The standard InChI is InChI=1S/C7H6N2OS2/c11-7-9-8-6(10-7)3-5-1-2-12-4-5/h1-2,4H,3H2,(H,9,11)/p-1. The first-order valence-electron chi connectivity index (χ1n) is 3.35. The van der Waals surface area contributed by atoms with E-state index in [2.05, 4.69) is 10.2 Å². The molecular weight excluding hydrogens is 192 g/mol. The zero-order valence-corrected chi connectivity index (χ0v) is 7.69. The SMILES string of the molecule is [S-]c1nnc(Cc2ccsc2)o1. The maximum absolute atomic E-state index is 5.05. The molecule has 2 aromatic rings. The Morgan fingerprint density at radius 1 is 1.50 bits per heavy atom. The van der Waals surface area contributed by atoms with Crippen molar-refractivity contribution in [1.29, 1.82) is 0 Å². The van der Waals surface area contributed by atoms with E-state index in [1.54, 1.807) is 11.3 Å². The van der Waals surface area contributed by atoms with E-state index < -0.39 is 0 Å². The largest absolute Gasteiger partial charge is 0.719 e. The quantitative estimate of drug-likeness (QED) is 0.686. The molecule has 0 aliphatic heterocycles. The van der Waals surface area contributed by atoms with Crippen LogP contribution in [0.3, 0.4) is 0 Å². The summed E-state index contributed by atoms with van der Waals surface area (Å²) in [5.41, 5.74) is 1.18. The summed E-state index contributed by atoms with van der Waals surface area (Å²) in [5.74, 6) is 0.582. The molecule has 62 valence electrons. The van der Waals surface area contributed by atoms with Crippen LogP contribution in [0.5, 0.6) is 0 Å². The van der Waals surface area contributed by atoms with E-state index in [1.165, 1.54) is 5.56 Å². The summed E-state index contributed by atoms with van der Waals surface area (Å²) in [6.45, 7) is 0. The van der Waals surface area contributed by atoms with Crippen LogP contribution in [0.2, 0.25) is 0 Å². The fourth-order valence-electron chi connectivity index (χ4n) is 0.877. The molecule has 0 radical (unpaired) electrons. The molecule has 0 aromatic carbocycles. The molecule has 2 aromatic heterocycles. The summed E-state index contributed by atoms with van der Waals surface area (Å²) in [4.78, 5) is 0. The predicted octanol–water partition coefficient (Wildman–Crippen LogP) is 1.63. The van der Waals surface area contributed by atoms with E-state index >= 15 is 0 Å². The van der Waals surface area contributed by atoms with Gasteiger partial charge >= 0.3 is 0 Å². The van der Waals surface area contributed by atoms with Crippen molar-refractivity contribution in [3.05, 3.63) is 28.3 Å². The molecule has 2 heterocycles. The second-order valence-electron chi connectivity index (χ2n) is 2.27. The zero-order valence-electron chi connectivity index (χ0n) is 6.06. The van der Waals surface area contributed by atoms with Crippen molar-refractivity contribution in [1.82, 2.24) is 10.2 Å². The minimum Gasteiger partial charge on any atom is -0.719 e. The third kappa shape index (κ3) is 1.62. The average molecular weight is 197 g/mol. The summed E-state index contributed by atoms with van der Waals surface area (Å²) in [7, 11) is 0. The molecule has 0 atom stereocenters. The number of nitrogens with zero attached hydrogens (tertiary/aromatic N) is 2. The normalized spacial score (nSPS) is 10.3. The topological polar surface area (TPSA) is 38.9 Å². The van der Waals surface area contributed by atoms with Gasteiger partial charge in [0.15, 0.2) is 0 Å². The van der Waals surface area contributed by atoms with Crippen LogP contribution in [0.1, 0.15) is 11.5 Å². The zero-order chi connectivity index (χ0) is 8.39. The van der Waals surface area contributed by atoms with Gasteiger partial charge in [-0.25, -0.2) is 0 Å². The van der Waals surface area contributed by atoms with Gasteiger partial charge in [-0.1, -0.05) is 0 Å². The summed E-state index contributed by atoms with van der Waals surface area (Å²) in [6.07, 6.45) is 0.674. The van der Waals surface area contributed by atoms with Crippen LogP contribution in [-0.4, -0.2) is 10.2 Å². The molecule has 12 heavy (non-hydrogen) atoms. The van der Waals surface area contributed by atoms with Gasteiger partial charge in [0.2, 0.25) is 5.89 Å². The number of thiophene rings is 1. The monoisotopic (exact) mass is 197 g/mol. The Hall–Kier alpha value is -0.940. The van der Waals surface area contributed by atoms with Gasteiger partial charge in [0, 0.05) is 0 Å². The molecule has 0 bridgehead atoms. The lowest BCUT2D eigenvalue weighted by Gasteiger charge is -1.91. The average Bonchev–Trinajstić information content (AvgIpc) is 2.63. The van der Waals surface area contributed by atoms with Crippen molar-refractivity contribution in [2.75, 3.05) is 0 Å². The second kappa shape index (κ2) is 3.20. The molecule has 2 rings (SSSR count). The van der Waals surface area contributed by atoms with E-state index in [-0.39, 0.29) is 5.22 Å². The lowest BCUT2D eigenvalue weighted by molar-refractivity contribution is 0.421. The van der Waals surface area contributed by atoms with Gasteiger partial charge in [0.1, 0.15) is 0 Å². The summed E-state index contributed by atoms with van der Waals surface area (Å²) < 4.78 is 5.05. The Kier molecular flexibility index (Phi) is 2.05. The summed E-state index contributed by atoms with van der Waals surface area (Å²) >= 11 is 6.34. The fourth-order valence-corrected chi connectivity index (χ4v) is 1.68. The lowest BCUT2D eigenvalue weighted by atomic mass is 10.2. The highest BCUT2D eigenvalue weighted by atomic mass is 32.1. The van der Waals surface area contributed by atoms with Crippen molar-refractivity contribution in [2.24, 2.45) is 0 Å². The Balaban J connectivity index is 2.14. The van der Waals surface area contributed by atoms with Gasteiger partial charge in [-0.3, -0.25) is 0 Å². The van der Waals surface area contributed by atoms with E-state index in [1.807, 2.05) is 16.8 Å². The number of aromatic nitrogens is 2. The van der Waals surface area contributed by atoms with E-state index in [9.17, 15) is 0 Å². The summed E-state index contributed by atoms with van der Waals surface area (Å²) in [6, 6.07) is 2.03. The molecule has 0 saturated carbocycles. The van der Waals surface area contributed by atoms with E-state index in [0.717, 1.165) is 0 Å². The Labute approximate surface area is 78.9 Å². The van der Waals surface area contributed by atoms with Crippen molar-refractivity contribution in [3.8, 4) is 0 Å². The van der Waals surface area contributed by atoms with Gasteiger partial charge < -0.3 is 17.0 Å². The highest BCUT2D eigenvalue weighted by molar-refractivity contribution is 7.58. The highest BCUT2D eigenvalue weighted by Crippen LogP contribution is 2.11. The van der Waals surface area contributed by atoms with Gasteiger partial charge in [-0.15, -0.1) is 10.2 Å². The number of hydrogen-bond donors (Lipinski definition) is 0.